The summed E-state index contributed by atoms with van der Waals surface area (Å²) in [5.41, 5.74) is 5.23. The number of carboxylic acids is 1. The van der Waals surface area contributed by atoms with Gasteiger partial charge in [-0.3, -0.25) is 9.59 Å². The van der Waals surface area contributed by atoms with Crippen LogP contribution >= 0.6 is 0 Å². The Morgan fingerprint density at radius 3 is 2.53 bits per heavy atom. The van der Waals surface area contributed by atoms with Crippen molar-refractivity contribution in [3.63, 3.8) is 0 Å². The molecular weight excluding hydrogens is 250 g/mol. The lowest BCUT2D eigenvalue weighted by Gasteiger charge is -2.27. The number of primary amides is 1. The maximum absolute atomic E-state index is 12.1. The fraction of sp³-hybridized carbons (Fsp3) is 0.750. The Kier molecular flexibility index (Phi) is 5.14. The molecule has 1 fully saturated rings. The second kappa shape index (κ2) is 6.40. The van der Waals surface area contributed by atoms with Crippen LogP contribution < -0.4 is 11.1 Å². The smallest absolute Gasteiger partial charge is 0.318 e. The highest BCUT2D eigenvalue weighted by molar-refractivity contribution is 5.86. The monoisotopic (exact) mass is 271 g/mol. The van der Waals surface area contributed by atoms with Gasteiger partial charge in [0.1, 0.15) is 6.04 Å². The number of nitrogens with zero attached hydrogens (tertiary/aromatic N) is 1. The third kappa shape index (κ3) is 4.11. The van der Waals surface area contributed by atoms with E-state index in [1.165, 1.54) is 4.90 Å². The zero-order chi connectivity index (χ0) is 14.6. The molecule has 1 rings (SSSR count). The highest BCUT2D eigenvalue weighted by Crippen LogP contribution is 2.20. The molecule has 7 heteroatoms. The molecule has 4 N–H and O–H groups in total. The number of nitrogens with one attached hydrogen (secondary N) is 1. The third-order valence-corrected chi connectivity index (χ3v) is 3.30. The molecule has 108 valence electrons. The van der Waals surface area contributed by atoms with Crippen LogP contribution in [0.3, 0.4) is 0 Å². The number of carbonyl (C=O) groups excluding carboxylic acids is 2. The van der Waals surface area contributed by atoms with Crippen LogP contribution in [0.2, 0.25) is 0 Å². The summed E-state index contributed by atoms with van der Waals surface area (Å²) < 4.78 is 0. The molecule has 7 nitrogen and oxygen atoms in total. The molecule has 0 bridgehead atoms. The van der Waals surface area contributed by atoms with Crippen LogP contribution in [0.1, 0.15) is 33.1 Å². The number of aliphatic carboxylic acids is 1. The molecule has 1 aliphatic heterocycles. The molecule has 3 amide bonds. The van der Waals surface area contributed by atoms with Gasteiger partial charge in [0.15, 0.2) is 0 Å². The fourth-order valence-electron chi connectivity index (χ4n) is 2.30. The van der Waals surface area contributed by atoms with Crippen molar-refractivity contribution in [1.29, 1.82) is 0 Å². The topological polar surface area (TPSA) is 113 Å². The Morgan fingerprint density at radius 1 is 1.42 bits per heavy atom. The summed E-state index contributed by atoms with van der Waals surface area (Å²) in [6.07, 6.45) is 1.37. The van der Waals surface area contributed by atoms with Crippen molar-refractivity contribution in [2.24, 2.45) is 11.7 Å². The van der Waals surface area contributed by atoms with Crippen molar-refractivity contribution in [3.8, 4) is 0 Å². The van der Waals surface area contributed by atoms with Gasteiger partial charge in [-0.2, -0.15) is 0 Å². The minimum absolute atomic E-state index is 0.0731. The van der Waals surface area contributed by atoms with Gasteiger partial charge in [0.05, 0.1) is 6.42 Å². The maximum atomic E-state index is 12.1. The van der Waals surface area contributed by atoms with Gasteiger partial charge in [0, 0.05) is 12.6 Å². The van der Waals surface area contributed by atoms with Gasteiger partial charge in [-0.25, -0.2) is 4.79 Å². The van der Waals surface area contributed by atoms with Gasteiger partial charge in [0.25, 0.3) is 0 Å². The molecule has 0 aromatic heterocycles. The zero-order valence-electron chi connectivity index (χ0n) is 11.3. The lowest BCUT2D eigenvalue weighted by atomic mass is 10.0. The summed E-state index contributed by atoms with van der Waals surface area (Å²) in [6.45, 7) is 4.08. The van der Waals surface area contributed by atoms with Crippen LogP contribution in [0, 0.1) is 5.92 Å². The summed E-state index contributed by atoms with van der Waals surface area (Å²) in [5, 5.41) is 11.4. The summed E-state index contributed by atoms with van der Waals surface area (Å²) >= 11 is 0. The predicted octanol–water partition coefficient (Wildman–Crippen LogP) is 0.145. The molecule has 2 atom stereocenters. The van der Waals surface area contributed by atoms with Crippen molar-refractivity contribution in [2.45, 2.75) is 45.2 Å². The average Bonchev–Trinajstić information content (AvgIpc) is 2.71. The first-order valence-corrected chi connectivity index (χ1v) is 6.41. The zero-order valence-corrected chi connectivity index (χ0v) is 11.3. The molecule has 2 unspecified atom stereocenters. The number of amides is 3. The van der Waals surface area contributed by atoms with Crippen molar-refractivity contribution >= 4 is 17.9 Å². The number of hydrogen-bond acceptors (Lipinski definition) is 3. The fourth-order valence-corrected chi connectivity index (χ4v) is 2.30. The minimum Gasteiger partial charge on any atom is -0.481 e. The third-order valence-electron chi connectivity index (χ3n) is 3.30. The van der Waals surface area contributed by atoms with E-state index in [1.54, 1.807) is 13.8 Å². The van der Waals surface area contributed by atoms with Crippen LogP contribution in [0.5, 0.6) is 0 Å². The van der Waals surface area contributed by atoms with Crippen molar-refractivity contribution in [1.82, 2.24) is 10.2 Å². The van der Waals surface area contributed by atoms with Crippen LogP contribution in [0.15, 0.2) is 0 Å². The highest BCUT2D eigenvalue weighted by atomic mass is 16.4. The van der Waals surface area contributed by atoms with Crippen LogP contribution in [0.25, 0.3) is 0 Å². The van der Waals surface area contributed by atoms with E-state index in [2.05, 4.69) is 5.32 Å². The first-order chi connectivity index (χ1) is 8.82. The highest BCUT2D eigenvalue weighted by Gasteiger charge is 2.32. The van der Waals surface area contributed by atoms with Gasteiger partial charge in [-0.1, -0.05) is 13.8 Å². The number of rotatable bonds is 5. The second-order valence-corrected chi connectivity index (χ2v) is 5.16. The van der Waals surface area contributed by atoms with Crippen molar-refractivity contribution in [2.75, 3.05) is 6.54 Å². The molecule has 0 radical (unpaired) electrons. The molecule has 1 heterocycles. The molecule has 1 saturated heterocycles. The molecule has 0 aromatic carbocycles. The Morgan fingerprint density at radius 2 is 2.05 bits per heavy atom. The van der Waals surface area contributed by atoms with Crippen molar-refractivity contribution < 1.29 is 19.5 Å². The summed E-state index contributed by atoms with van der Waals surface area (Å²) in [6, 6.07) is -1.46. The number of carboxylic acid groups (broad SMARTS) is 1. The Labute approximate surface area is 112 Å². The Balaban J connectivity index is 2.65. The van der Waals surface area contributed by atoms with E-state index in [9.17, 15) is 14.4 Å². The number of carbonyl (C=O) groups is 3. The van der Waals surface area contributed by atoms with E-state index < -0.39 is 23.9 Å². The van der Waals surface area contributed by atoms with Gasteiger partial charge in [-0.05, 0) is 18.8 Å². The quantitative estimate of drug-likeness (QED) is 0.660. The van der Waals surface area contributed by atoms with Gasteiger partial charge >= 0.3 is 12.0 Å². The van der Waals surface area contributed by atoms with Crippen LogP contribution in [0.4, 0.5) is 4.79 Å². The lowest BCUT2D eigenvalue weighted by Crippen LogP contribution is -2.53. The van der Waals surface area contributed by atoms with E-state index in [4.69, 9.17) is 10.8 Å². The van der Waals surface area contributed by atoms with Gasteiger partial charge in [-0.15, -0.1) is 0 Å². The summed E-state index contributed by atoms with van der Waals surface area (Å²) in [7, 11) is 0. The average molecular weight is 271 g/mol. The maximum Gasteiger partial charge on any atom is 0.318 e. The Hall–Kier alpha value is -1.79. The van der Waals surface area contributed by atoms with Crippen LogP contribution in [-0.4, -0.2) is 46.5 Å². The summed E-state index contributed by atoms with van der Waals surface area (Å²) in [4.78, 5) is 35.5. The normalized spacial score (nSPS) is 20.4. The van der Waals surface area contributed by atoms with E-state index >= 15 is 0 Å². The lowest BCUT2D eigenvalue weighted by molar-refractivity contribution is -0.138. The Bertz CT molecular complexity index is 370. The van der Waals surface area contributed by atoms with Gasteiger partial charge in [0.2, 0.25) is 5.91 Å². The molecule has 19 heavy (non-hydrogen) atoms. The standard InChI is InChI=1S/C12H21N3O4/c1-7(2)10(11(13)18)14-12(19)15-5-3-4-8(15)6-9(16)17/h7-8,10H,3-6H2,1-2H3,(H2,13,18)(H,14,19)(H,16,17). The van der Waals surface area contributed by atoms with Gasteiger partial charge < -0.3 is 21.1 Å². The predicted molar refractivity (Wildman–Crippen MR) is 68.3 cm³/mol. The number of nitrogens with two attached hydrogens (primary N) is 1. The first-order valence-electron chi connectivity index (χ1n) is 6.41. The number of urea groups is 1. The molecule has 0 aliphatic carbocycles. The molecule has 1 aliphatic rings. The molecule has 0 aromatic rings. The first kappa shape index (κ1) is 15.3. The van der Waals surface area contributed by atoms with E-state index in [0.29, 0.717) is 13.0 Å². The summed E-state index contributed by atoms with van der Waals surface area (Å²) in [5.74, 6) is -1.63. The van der Waals surface area contributed by atoms with E-state index in [1.807, 2.05) is 0 Å². The SMILES string of the molecule is CC(C)C(NC(=O)N1CCCC1CC(=O)O)C(N)=O. The minimum atomic E-state index is -0.931. The second-order valence-electron chi connectivity index (χ2n) is 5.16. The van der Waals surface area contributed by atoms with Crippen molar-refractivity contribution in [3.05, 3.63) is 0 Å². The number of hydrogen-bond donors (Lipinski definition) is 3. The molecular formula is C12H21N3O4. The van der Waals surface area contributed by atoms with E-state index in [-0.39, 0.29) is 18.4 Å². The largest absolute Gasteiger partial charge is 0.481 e. The van der Waals surface area contributed by atoms with Crippen LogP contribution in [-0.2, 0) is 9.59 Å². The van der Waals surface area contributed by atoms with E-state index in [0.717, 1.165) is 6.42 Å². The number of likely N-dealkylation sites (tertiary alicyclic amines) is 1. The molecule has 0 spiro atoms. The molecule has 0 saturated carbocycles.